The average molecular weight is 278 g/mol. The largest absolute Gasteiger partial charge is 0.390 e. The average Bonchev–Trinajstić information content (AvgIpc) is 2.79. The molecule has 0 bridgehead atoms. The second-order valence-corrected chi connectivity index (χ2v) is 5.32. The Hall–Kier alpha value is -1.88. The van der Waals surface area contributed by atoms with Gasteiger partial charge in [0, 0.05) is 11.4 Å². The smallest absolute Gasteiger partial charge is 0.254 e. The molecule has 1 aromatic carbocycles. The third-order valence-corrected chi connectivity index (χ3v) is 3.88. The number of nitrogens with two attached hydrogens (primary N) is 1. The summed E-state index contributed by atoms with van der Waals surface area (Å²) in [5, 5.41) is 3.31. The Morgan fingerprint density at radius 2 is 2.05 bits per heavy atom. The maximum atomic E-state index is 12.7. The fraction of sp³-hybridized carbons (Fsp3) is 0.214. The number of aryl methyl sites for hydroxylation is 1. The van der Waals surface area contributed by atoms with Gasteiger partial charge in [-0.2, -0.15) is 0 Å². The van der Waals surface area contributed by atoms with Crippen molar-refractivity contribution in [3.63, 3.8) is 0 Å². The highest BCUT2D eigenvalue weighted by atomic mass is 32.1. The number of nitrogens with one attached hydrogen (secondary N) is 1. The van der Waals surface area contributed by atoms with Crippen molar-refractivity contribution in [1.82, 2.24) is 5.32 Å². The molecular weight excluding hydrogens is 263 g/mol. The number of anilines is 1. The van der Waals surface area contributed by atoms with Crippen LogP contribution in [0.15, 0.2) is 30.3 Å². The maximum absolute atomic E-state index is 12.7. The van der Waals surface area contributed by atoms with Crippen LogP contribution in [0.2, 0.25) is 0 Å². The SMILES string of the molecule is CCc1cc(C(=O)NCc2ccc(F)cc2)c(N)s1. The van der Waals surface area contributed by atoms with Crippen molar-refractivity contribution in [2.24, 2.45) is 0 Å². The van der Waals surface area contributed by atoms with Crippen molar-refractivity contribution in [3.05, 3.63) is 52.2 Å². The molecule has 19 heavy (non-hydrogen) atoms. The molecule has 0 spiro atoms. The quantitative estimate of drug-likeness (QED) is 0.903. The summed E-state index contributed by atoms with van der Waals surface area (Å²) >= 11 is 1.43. The van der Waals surface area contributed by atoms with Crippen LogP contribution in [0.1, 0.15) is 27.7 Å². The first-order valence-corrected chi connectivity index (χ1v) is 6.82. The Labute approximate surface area is 115 Å². The van der Waals surface area contributed by atoms with Gasteiger partial charge in [0.25, 0.3) is 5.91 Å². The van der Waals surface area contributed by atoms with Gasteiger partial charge in [-0.15, -0.1) is 11.3 Å². The van der Waals surface area contributed by atoms with E-state index in [0.717, 1.165) is 16.9 Å². The van der Waals surface area contributed by atoms with Gasteiger partial charge in [-0.05, 0) is 30.2 Å². The van der Waals surface area contributed by atoms with E-state index >= 15 is 0 Å². The lowest BCUT2D eigenvalue weighted by molar-refractivity contribution is 0.0952. The number of halogens is 1. The summed E-state index contributed by atoms with van der Waals surface area (Å²) in [7, 11) is 0. The number of carbonyl (C=O) groups excluding carboxylic acids is 1. The lowest BCUT2D eigenvalue weighted by Gasteiger charge is -2.04. The Kier molecular flexibility index (Phi) is 4.16. The molecule has 100 valence electrons. The first kappa shape index (κ1) is 13.5. The van der Waals surface area contributed by atoms with Crippen molar-refractivity contribution < 1.29 is 9.18 Å². The van der Waals surface area contributed by atoms with Crippen LogP contribution in [0.5, 0.6) is 0 Å². The molecule has 2 aromatic rings. The van der Waals surface area contributed by atoms with Crippen molar-refractivity contribution in [2.45, 2.75) is 19.9 Å². The number of thiophene rings is 1. The van der Waals surface area contributed by atoms with Gasteiger partial charge < -0.3 is 11.1 Å². The third-order valence-electron chi connectivity index (χ3n) is 2.77. The van der Waals surface area contributed by atoms with E-state index in [9.17, 15) is 9.18 Å². The molecule has 0 aliphatic carbocycles. The lowest BCUT2D eigenvalue weighted by Crippen LogP contribution is -2.23. The molecule has 3 nitrogen and oxygen atoms in total. The van der Waals surface area contributed by atoms with Gasteiger partial charge >= 0.3 is 0 Å². The summed E-state index contributed by atoms with van der Waals surface area (Å²) in [5.41, 5.74) is 7.18. The number of hydrogen-bond donors (Lipinski definition) is 2. The molecule has 0 unspecified atom stereocenters. The zero-order valence-electron chi connectivity index (χ0n) is 10.6. The lowest BCUT2D eigenvalue weighted by atomic mass is 10.2. The van der Waals surface area contributed by atoms with Crippen LogP contribution in [-0.4, -0.2) is 5.91 Å². The van der Waals surface area contributed by atoms with Crippen molar-refractivity contribution in [2.75, 3.05) is 5.73 Å². The molecule has 1 amide bonds. The zero-order chi connectivity index (χ0) is 13.8. The first-order chi connectivity index (χ1) is 9.10. The minimum absolute atomic E-state index is 0.197. The standard InChI is InChI=1S/C14H15FN2OS/c1-2-11-7-12(13(16)19-11)14(18)17-8-9-3-5-10(15)6-4-9/h3-7H,2,8,16H2,1H3,(H,17,18). The number of hydrogen-bond acceptors (Lipinski definition) is 3. The molecule has 0 aliphatic rings. The highest BCUT2D eigenvalue weighted by molar-refractivity contribution is 7.16. The van der Waals surface area contributed by atoms with E-state index < -0.39 is 0 Å². The van der Waals surface area contributed by atoms with Crippen molar-refractivity contribution in [1.29, 1.82) is 0 Å². The van der Waals surface area contributed by atoms with Crippen LogP contribution in [0, 0.1) is 5.82 Å². The Morgan fingerprint density at radius 1 is 1.37 bits per heavy atom. The summed E-state index contributed by atoms with van der Waals surface area (Å²) < 4.78 is 12.7. The molecule has 0 atom stereocenters. The highest BCUT2D eigenvalue weighted by Gasteiger charge is 2.13. The molecule has 1 aromatic heterocycles. The van der Waals surface area contributed by atoms with Gasteiger partial charge in [0.05, 0.1) is 10.6 Å². The van der Waals surface area contributed by atoms with Gasteiger partial charge in [-0.3, -0.25) is 4.79 Å². The fourth-order valence-corrected chi connectivity index (χ4v) is 2.55. The third kappa shape index (κ3) is 3.32. The zero-order valence-corrected chi connectivity index (χ0v) is 11.4. The van der Waals surface area contributed by atoms with Gasteiger partial charge in [0.15, 0.2) is 0 Å². The van der Waals surface area contributed by atoms with E-state index in [1.807, 2.05) is 13.0 Å². The monoisotopic (exact) mass is 278 g/mol. The first-order valence-electron chi connectivity index (χ1n) is 6.01. The molecular formula is C14H15FN2OS. The Bertz CT molecular complexity index is 578. The van der Waals surface area contributed by atoms with E-state index in [-0.39, 0.29) is 11.7 Å². The second kappa shape index (κ2) is 5.84. The van der Waals surface area contributed by atoms with Crippen LogP contribution >= 0.6 is 11.3 Å². The molecule has 0 radical (unpaired) electrons. The minimum atomic E-state index is -0.287. The number of carbonyl (C=O) groups is 1. The second-order valence-electron chi connectivity index (χ2n) is 4.15. The molecule has 5 heteroatoms. The fourth-order valence-electron chi connectivity index (χ4n) is 1.69. The molecule has 0 aliphatic heterocycles. The van der Waals surface area contributed by atoms with Crippen molar-refractivity contribution in [3.8, 4) is 0 Å². The van der Waals surface area contributed by atoms with Crippen LogP contribution < -0.4 is 11.1 Å². The molecule has 0 fully saturated rings. The van der Waals surface area contributed by atoms with Gasteiger partial charge in [0.2, 0.25) is 0 Å². The van der Waals surface area contributed by atoms with E-state index in [1.54, 1.807) is 12.1 Å². The van der Waals surface area contributed by atoms with Crippen LogP contribution in [-0.2, 0) is 13.0 Å². The number of rotatable bonds is 4. The van der Waals surface area contributed by atoms with Crippen molar-refractivity contribution >= 4 is 22.2 Å². The normalized spacial score (nSPS) is 10.4. The summed E-state index contributed by atoms with van der Waals surface area (Å²) in [6, 6.07) is 7.85. The van der Waals surface area contributed by atoms with Crippen LogP contribution in [0.25, 0.3) is 0 Å². The summed E-state index contributed by atoms with van der Waals surface area (Å²) in [4.78, 5) is 13.1. The Balaban J connectivity index is 2.01. The molecule has 0 saturated carbocycles. The summed E-state index contributed by atoms with van der Waals surface area (Å²) in [6.45, 7) is 2.38. The molecule has 0 saturated heterocycles. The predicted molar refractivity (Wildman–Crippen MR) is 75.7 cm³/mol. The van der Waals surface area contributed by atoms with Gasteiger partial charge in [0.1, 0.15) is 5.82 Å². The topological polar surface area (TPSA) is 55.1 Å². The number of amides is 1. The maximum Gasteiger partial charge on any atom is 0.254 e. The van der Waals surface area contributed by atoms with Gasteiger partial charge in [-0.1, -0.05) is 19.1 Å². The summed E-state index contributed by atoms with van der Waals surface area (Å²) in [5.74, 6) is -0.484. The molecule has 1 heterocycles. The number of benzene rings is 1. The van der Waals surface area contributed by atoms with Crippen LogP contribution in [0.4, 0.5) is 9.39 Å². The van der Waals surface area contributed by atoms with E-state index in [1.165, 1.54) is 23.5 Å². The molecule has 2 rings (SSSR count). The highest BCUT2D eigenvalue weighted by Crippen LogP contribution is 2.25. The van der Waals surface area contributed by atoms with Crippen LogP contribution in [0.3, 0.4) is 0 Å². The predicted octanol–water partition coefficient (Wildman–Crippen LogP) is 2.96. The summed E-state index contributed by atoms with van der Waals surface area (Å²) in [6.07, 6.45) is 0.861. The van der Waals surface area contributed by atoms with E-state index in [2.05, 4.69) is 5.32 Å². The van der Waals surface area contributed by atoms with Gasteiger partial charge in [-0.25, -0.2) is 4.39 Å². The minimum Gasteiger partial charge on any atom is -0.390 e. The Morgan fingerprint density at radius 3 is 2.63 bits per heavy atom. The molecule has 3 N–H and O–H groups in total. The number of nitrogen functional groups attached to an aromatic ring is 1. The van der Waals surface area contributed by atoms with E-state index in [4.69, 9.17) is 5.73 Å². The van der Waals surface area contributed by atoms with E-state index in [0.29, 0.717) is 17.1 Å².